The summed E-state index contributed by atoms with van der Waals surface area (Å²) >= 11 is 0. The van der Waals surface area contributed by atoms with E-state index in [1.165, 1.54) is 16.7 Å². The Kier molecular flexibility index (Phi) is 5.53. The average molecular weight is 289 g/mol. The van der Waals surface area contributed by atoms with Crippen molar-refractivity contribution in [3.63, 3.8) is 0 Å². The molecule has 1 saturated heterocycles. The molecule has 1 aliphatic heterocycles. The van der Waals surface area contributed by atoms with E-state index in [-0.39, 0.29) is 0 Å². The van der Waals surface area contributed by atoms with Gasteiger partial charge in [-0.2, -0.15) is 0 Å². The van der Waals surface area contributed by atoms with Gasteiger partial charge < -0.3 is 0 Å². The van der Waals surface area contributed by atoms with Crippen molar-refractivity contribution in [3.8, 4) is 0 Å². The largest absolute Gasteiger partial charge is 0.299 e. The third-order valence-electron chi connectivity index (χ3n) is 4.12. The number of benzene rings is 1. The summed E-state index contributed by atoms with van der Waals surface area (Å²) in [4.78, 5) is 2.44. The first-order valence-corrected chi connectivity index (χ1v) is 7.64. The molecule has 21 heavy (non-hydrogen) atoms. The third kappa shape index (κ3) is 4.38. The molecule has 4 heteroatoms. The highest BCUT2D eigenvalue weighted by Crippen LogP contribution is 2.19. The molecule has 2 N–H and O–H groups in total. The number of likely N-dealkylation sites (tertiary alicyclic amines) is 1. The molecule has 2 rings (SSSR count). The van der Waals surface area contributed by atoms with Crippen LogP contribution < -0.4 is 5.43 Å². The van der Waals surface area contributed by atoms with E-state index in [0.29, 0.717) is 12.1 Å². The number of hydrogen-bond acceptors (Lipinski definition) is 4. The topological polar surface area (TPSA) is 38.7 Å². The first-order chi connectivity index (χ1) is 9.99. The number of nitrogens with one attached hydrogen (secondary N) is 1. The van der Waals surface area contributed by atoms with Crippen LogP contribution in [0.1, 0.15) is 30.5 Å². The van der Waals surface area contributed by atoms with Crippen LogP contribution >= 0.6 is 0 Å². The van der Waals surface area contributed by atoms with Crippen molar-refractivity contribution in [2.24, 2.45) is 0 Å². The quantitative estimate of drug-likeness (QED) is 0.789. The van der Waals surface area contributed by atoms with Crippen LogP contribution in [0, 0.1) is 6.92 Å². The number of nitrogens with zero attached hydrogens (tertiary/aromatic N) is 2. The maximum Gasteiger partial charge on any atom is 0.0491 e. The fourth-order valence-corrected chi connectivity index (χ4v) is 2.86. The number of hydroxylamine groups is 1. The van der Waals surface area contributed by atoms with E-state index in [4.69, 9.17) is 5.21 Å². The molecule has 0 spiro atoms. The van der Waals surface area contributed by atoms with E-state index >= 15 is 0 Å². The Hall–Kier alpha value is -1.20. The standard InChI is InChI=1S/C17H27N3O/c1-5-6-16-10-15(8-7-13(16)2)9-14(3)20-11-17(12-20)18-19(4)21/h5-8,10,14,17-18,21H,9,11-12H2,1-4H3/b6-5-. The molecule has 1 atom stereocenters. The lowest BCUT2D eigenvalue weighted by Gasteiger charge is -2.44. The molecule has 1 fully saturated rings. The zero-order valence-corrected chi connectivity index (χ0v) is 13.5. The fourth-order valence-electron chi connectivity index (χ4n) is 2.86. The van der Waals surface area contributed by atoms with Crippen LogP contribution in [0.25, 0.3) is 6.08 Å². The predicted octanol–water partition coefficient (Wildman–Crippen LogP) is 2.47. The lowest BCUT2D eigenvalue weighted by Crippen LogP contribution is -2.63. The number of hydrazine groups is 1. The zero-order valence-electron chi connectivity index (χ0n) is 13.5. The Morgan fingerprint density at radius 2 is 2.19 bits per heavy atom. The van der Waals surface area contributed by atoms with Gasteiger partial charge in [-0.05, 0) is 43.9 Å². The number of allylic oxidation sites excluding steroid dienone is 1. The minimum atomic E-state index is 0.360. The Morgan fingerprint density at radius 1 is 1.48 bits per heavy atom. The van der Waals surface area contributed by atoms with Crippen molar-refractivity contribution in [2.75, 3.05) is 20.1 Å². The highest BCUT2D eigenvalue weighted by Gasteiger charge is 2.30. The highest BCUT2D eigenvalue weighted by atomic mass is 16.5. The lowest BCUT2D eigenvalue weighted by molar-refractivity contribution is -0.139. The molecule has 0 saturated carbocycles. The van der Waals surface area contributed by atoms with Gasteiger partial charge in [-0.3, -0.25) is 10.1 Å². The van der Waals surface area contributed by atoms with E-state index in [1.54, 1.807) is 7.05 Å². The Balaban J connectivity index is 1.89. The highest BCUT2D eigenvalue weighted by molar-refractivity contribution is 5.54. The van der Waals surface area contributed by atoms with E-state index < -0.39 is 0 Å². The maximum absolute atomic E-state index is 9.15. The van der Waals surface area contributed by atoms with Crippen LogP contribution in [0.4, 0.5) is 0 Å². The van der Waals surface area contributed by atoms with E-state index in [2.05, 4.69) is 61.4 Å². The van der Waals surface area contributed by atoms with Gasteiger partial charge in [-0.25, -0.2) is 5.43 Å². The SMILES string of the molecule is C/C=C\c1cc(CC(C)N2CC(NN(C)O)C2)ccc1C. The van der Waals surface area contributed by atoms with Crippen molar-refractivity contribution < 1.29 is 5.21 Å². The van der Waals surface area contributed by atoms with Gasteiger partial charge in [0.05, 0.1) is 0 Å². The van der Waals surface area contributed by atoms with Crippen molar-refractivity contribution in [1.82, 2.24) is 15.5 Å². The van der Waals surface area contributed by atoms with Crippen LogP contribution in [-0.4, -0.2) is 47.5 Å². The van der Waals surface area contributed by atoms with Crippen LogP contribution in [0.15, 0.2) is 24.3 Å². The molecule has 1 aromatic rings. The van der Waals surface area contributed by atoms with E-state index in [0.717, 1.165) is 24.7 Å². The fraction of sp³-hybridized carbons (Fsp3) is 0.529. The summed E-state index contributed by atoms with van der Waals surface area (Å²) in [5.41, 5.74) is 7.02. The molecule has 1 unspecified atom stereocenters. The van der Waals surface area contributed by atoms with Gasteiger partial charge in [0.25, 0.3) is 0 Å². The Morgan fingerprint density at radius 3 is 2.81 bits per heavy atom. The second-order valence-corrected chi connectivity index (χ2v) is 6.05. The summed E-state index contributed by atoms with van der Waals surface area (Å²) in [6.07, 6.45) is 5.32. The minimum Gasteiger partial charge on any atom is -0.299 e. The maximum atomic E-state index is 9.15. The summed E-state index contributed by atoms with van der Waals surface area (Å²) < 4.78 is 0. The molecule has 1 aromatic carbocycles. The van der Waals surface area contributed by atoms with Crippen molar-refractivity contribution in [2.45, 2.75) is 39.3 Å². The van der Waals surface area contributed by atoms with Gasteiger partial charge in [0.15, 0.2) is 0 Å². The lowest BCUT2D eigenvalue weighted by atomic mass is 9.97. The smallest absolute Gasteiger partial charge is 0.0491 e. The molecule has 0 amide bonds. The van der Waals surface area contributed by atoms with Crippen LogP contribution in [0.5, 0.6) is 0 Å². The number of aryl methyl sites for hydroxylation is 1. The van der Waals surface area contributed by atoms with Crippen LogP contribution in [0.3, 0.4) is 0 Å². The molecule has 0 aromatic heterocycles. The zero-order chi connectivity index (χ0) is 15.4. The Labute approximate surface area is 128 Å². The van der Waals surface area contributed by atoms with Crippen molar-refractivity contribution >= 4 is 6.08 Å². The van der Waals surface area contributed by atoms with Crippen molar-refractivity contribution in [3.05, 3.63) is 41.0 Å². The normalized spacial score (nSPS) is 18.4. The molecule has 4 nitrogen and oxygen atoms in total. The van der Waals surface area contributed by atoms with Gasteiger partial charge >= 0.3 is 0 Å². The van der Waals surface area contributed by atoms with Gasteiger partial charge in [0, 0.05) is 32.2 Å². The summed E-state index contributed by atoms with van der Waals surface area (Å²) in [5, 5.41) is 10.2. The first-order valence-electron chi connectivity index (χ1n) is 7.64. The summed E-state index contributed by atoms with van der Waals surface area (Å²) in [5.74, 6) is 0. The summed E-state index contributed by atoms with van der Waals surface area (Å²) in [6, 6.07) is 7.62. The van der Waals surface area contributed by atoms with E-state index in [9.17, 15) is 0 Å². The second-order valence-electron chi connectivity index (χ2n) is 6.05. The first kappa shape index (κ1) is 16.2. The summed E-state index contributed by atoms with van der Waals surface area (Å²) in [6.45, 7) is 8.45. The molecule has 1 aliphatic rings. The molecule has 0 bridgehead atoms. The van der Waals surface area contributed by atoms with Gasteiger partial charge in [0.1, 0.15) is 0 Å². The second kappa shape index (κ2) is 7.18. The average Bonchev–Trinajstić information content (AvgIpc) is 2.37. The van der Waals surface area contributed by atoms with Gasteiger partial charge in [-0.1, -0.05) is 30.4 Å². The monoisotopic (exact) mass is 289 g/mol. The molecule has 116 valence electrons. The molecular weight excluding hydrogens is 262 g/mol. The third-order valence-corrected chi connectivity index (χ3v) is 4.12. The minimum absolute atomic E-state index is 0.360. The van der Waals surface area contributed by atoms with Gasteiger partial charge in [-0.15, -0.1) is 5.17 Å². The summed E-state index contributed by atoms with van der Waals surface area (Å²) in [7, 11) is 1.61. The Bertz CT molecular complexity index is 493. The molecule has 1 heterocycles. The van der Waals surface area contributed by atoms with E-state index in [1.807, 2.05) is 0 Å². The molecule has 0 radical (unpaired) electrons. The van der Waals surface area contributed by atoms with Crippen LogP contribution in [0.2, 0.25) is 0 Å². The van der Waals surface area contributed by atoms with Gasteiger partial charge in [0.2, 0.25) is 0 Å². The van der Waals surface area contributed by atoms with Crippen LogP contribution in [-0.2, 0) is 6.42 Å². The number of hydrogen-bond donors (Lipinski definition) is 2. The van der Waals surface area contributed by atoms with Crippen molar-refractivity contribution in [1.29, 1.82) is 0 Å². The predicted molar refractivity (Wildman–Crippen MR) is 87.1 cm³/mol. The number of rotatable bonds is 6. The molecular formula is C17H27N3O. The molecule has 0 aliphatic carbocycles.